The lowest BCUT2D eigenvalue weighted by Crippen LogP contribution is -2.48. The van der Waals surface area contributed by atoms with Gasteiger partial charge in [0.1, 0.15) is 12.9 Å². The van der Waals surface area contributed by atoms with E-state index in [4.69, 9.17) is 0 Å². The molecule has 2 atom stereocenters. The molecule has 0 spiro atoms. The van der Waals surface area contributed by atoms with E-state index in [1.807, 2.05) is 37.3 Å². The van der Waals surface area contributed by atoms with Crippen molar-refractivity contribution in [2.75, 3.05) is 6.54 Å². The van der Waals surface area contributed by atoms with Crippen molar-refractivity contribution in [3.05, 3.63) is 36.7 Å². The fraction of sp³-hybridized carbons (Fsp3) is 0.412. The Balaban J connectivity index is 1.68. The van der Waals surface area contributed by atoms with Crippen LogP contribution >= 0.6 is 0 Å². The van der Waals surface area contributed by atoms with E-state index < -0.39 is 11.9 Å². The van der Waals surface area contributed by atoms with Gasteiger partial charge in [-0.3, -0.25) is 9.59 Å². The summed E-state index contributed by atoms with van der Waals surface area (Å²) in [5, 5.41) is 13.5. The molecule has 0 radical (unpaired) electrons. The number of rotatable bonds is 4. The van der Waals surface area contributed by atoms with Gasteiger partial charge in [-0.15, -0.1) is 0 Å². The highest BCUT2D eigenvalue weighted by atomic mass is 16.4. The summed E-state index contributed by atoms with van der Waals surface area (Å²) in [4.78, 5) is 29.6. The summed E-state index contributed by atoms with van der Waals surface area (Å²) in [5.41, 5.74) is 0.890. The average Bonchev–Trinajstić information content (AvgIpc) is 3.04. The Bertz CT molecular complexity index is 728. The van der Waals surface area contributed by atoms with Crippen LogP contribution in [0.1, 0.15) is 19.8 Å². The standard InChI is InChI=1S/C17H20N4O3/c1-12-7-8-14(17(23)24)9-21(12)15(22)10-20-11-18-16(19-20)13-5-3-2-4-6-13/h2-6,11-12,14H,7-10H2,1H3,(H,23,24). The number of carbonyl (C=O) groups is 2. The number of piperidine rings is 1. The fourth-order valence-corrected chi connectivity index (χ4v) is 2.98. The smallest absolute Gasteiger partial charge is 0.308 e. The number of aliphatic carboxylic acids is 1. The average molecular weight is 328 g/mol. The van der Waals surface area contributed by atoms with E-state index in [0.29, 0.717) is 18.7 Å². The first-order valence-electron chi connectivity index (χ1n) is 8.01. The van der Waals surface area contributed by atoms with E-state index in [0.717, 1.165) is 5.56 Å². The number of carboxylic acid groups (broad SMARTS) is 1. The summed E-state index contributed by atoms with van der Waals surface area (Å²) in [7, 11) is 0. The SMILES string of the molecule is CC1CCC(C(=O)O)CN1C(=O)Cn1cnc(-c2ccccc2)n1. The number of carboxylic acids is 1. The molecule has 2 heterocycles. The summed E-state index contributed by atoms with van der Waals surface area (Å²) < 4.78 is 1.50. The highest BCUT2D eigenvalue weighted by molar-refractivity contribution is 5.78. The first kappa shape index (κ1) is 16.2. The third kappa shape index (κ3) is 3.45. The van der Waals surface area contributed by atoms with Crippen molar-refractivity contribution in [3.8, 4) is 11.4 Å². The Kier molecular flexibility index (Phi) is 4.59. The molecule has 2 aromatic rings. The molecule has 0 saturated carbocycles. The summed E-state index contributed by atoms with van der Waals surface area (Å²) in [6.07, 6.45) is 2.85. The predicted octanol–water partition coefficient (Wildman–Crippen LogP) is 1.66. The van der Waals surface area contributed by atoms with E-state index in [9.17, 15) is 14.7 Å². The number of nitrogens with zero attached hydrogens (tertiary/aromatic N) is 4. The minimum Gasteiger partial charge on any atom is -0.481 e. The van der Waals surface area contributed by atoms with Crippen LogP contribution in [0.25, 0.3) is 11.4 Å². The number of carbonyl (C=O) groups excluding carboxylic acids is 1. The van der Waals surface area contributed by atoms with Crippen LogP contribution < -0.4 is 0 Å². The molecule has 1 amide bonds. The molecule has 1 aliphatic rings. The van der Waals surface area contributed by atoms with E-state index in [1.54, 1.807) is 4.90 Å². The van der Waals surface area contributed by atoms with Crippen LogP contribution in [-0.4, -0.2) is 49.2 Å². The zero-order chi connectivity index (χ0) is 17.1. The van der Waals surface area contributed by atoms with E-state index in [2.05, 4.69) is 10.1 Å². The van der Waals surface area contributed by atoms with Crippen LogP contribution in [0.2, 0.25) is 0 Å². The molecule has 1 fully saturated rings. The lowest BCUT2D eigenvalue weighted by Gasteiger charge is -2.36. The number of hydrogen-bond acceptors (Lipinski definition) is 4. The third-order valence-electron chi connectivity index (χ3n) is 4.42. The van der Waals surface area contributed by atoms with Crippen molar-refractivity contribution in [2.24, 2.45) is 5.92 Å². The summed E-state index contributed by atoms with van der Waals surface area (Å²) >= 11 is 0. The van der Waals surface area contributed by atoms with Gasteiger partial charge in [0, 0.05) is 18.2 Å². The summed E-state index contributed by atoms with van der Waals surface area (Å²) in [6.45, 7) is 2.28. The maximum Gasteiger partial charge on any atom is 0.308 e. The van der Waals surface area contributed by atoms with Crippen molar-refractivity contribution < 1.29 is 14.7 Å². The Morgan fingerprint density at radius 2 is 2.00 bits per heavy atom. The number of amides is 1. The van der Waals surface area contributed by atoms with Crippen LogP contribution in [0.5, 0.6) is 0 Å². The Morgan fingerprint density at radius 3 is 2.71 bits per heavy atom. The molecule has 3 rings (SSSR count). The van der Waals surface area contributed by atoms with Crippen molar-refractivity contribution in [3.63, 3.8) is 0 Å². The first-order valence-corrected chi connectivity index (χ1v) is 8.01. The van der Waals surface area contributed by atoms with Crippen molar-refractivity contribution in [1.82, 2.24) is 19.7 Å². The molecule has 1 saturated heterocycles. The maximum absolute atomic E-state index is 12.5. The Labute approximate surface area is 139 Å². The maximum atomic E-state index is 12.5. The second-order valence-corrected chi connectivity index (χ2v) is 6.14. The van der Waals surface area contributed by atoms with E-state index in [1.165, 1.54) is 11.0 Å². The minimum absolute atomic E-state index is 0.0465. The monoisotopic (exact) mass is 328 g/mol. The normalized spacial score (nSPS) is 20.8. The topological polar surface area (TPSA) is 88.3 Å². The quantitative estimate of drug-likeness (QED) is 0.922. The molecule has 0 bridgehead atoms. The Hall–Kier alpha value is -2.70. The predicted molar refractivity (Wildman–Crippen MR) is 87.0 cm³/mol. The molecule has 1 aromatic heterocycles. The van der Waals surface area contributed by atoms with Gasteiger partial charge in [0.25, 0.3) is 0 Å². The molecule has 7 nitrogen and oxygen atoms in total. The molecular weight excluding hydrogens is 308 g/mol. The zero-order valence-corrected chi connectivity index (χ0v) is 13.5. The molecule has 1 aromatic carbocycles. The van der Waals surface area contributed by atoms with Gasteiger partial charge in [0.15, 0.2) is 5.82 Å². The van der Waals surface area contributed by atoms with Crippen LogP contribution in [0, 0.1) is 5.92 Å². The van der Waals surface area contributed by atoms with E-state index in [-0.39, 0.29) is 25.0 Å². The molecule has 24 heavy (non-hydrogen) atoms. The van der Waals surface area contributed by atoms with Gasteiger partial charge in [-0.2, -0.15) is 5.10 Å². The molecule has 126 valence electrons. The first-order chi connectivity index (χ1) is 11.5. The zero-order valence-electron chi connectivity index (χ0n) is 13.5. The largest absolute Gasteiger partial charge is 0.481 e. The van der Waals surface area contributed by atoms with Crippen molar-refractivity contribution >= 4 is 11.9 Å². The fourth-order valence-electron chi connectivity index (χ4n) is 2.98. The van der Waals surface area contributed by atoms with Crippen LogP contribution in [0.4, 0.5) is 0 Å². The van der Waals surface area contributed by atoms with Gasteiger partial charge in [-0.25, -0.2) is 9.67 Å². The van der Waals surface area contributed by atoms with Crippen molar-refractivity contribution in [1.29, 1.82) is 0 Å². The van der Waals surface area contributed by atoms with Gasteiger partial charge < -0.3 is 10.0 Å². The summed E-state index contributed by atoms with van der Waals surface area (Å²) in [5.74, 6) is -0.885. The number of benzene rings is 1. The van der Waals surface area contributed by atoms with Crippen molar-refractivity contribution in [2.45, 2.75) is 32.4 Å². The van der Waals surface area contributed by atoms with Crippen LogP contribution in [0.15, 0.2) is 36.7 Å². The molecular formula is C17H20N4O3. The van der Waals surface area contributed by atoms with Gasteiger partial charge in [0.2, 0.25) is 5.91 Å². The van der Waals surface area contributed by atoms with E-state index >= 15 is 0 Å². The number of hydrogen-bond donors (Lipinski definition) is 1. The lowest BCUT2D eigenvalue weighted by atomic mass is 9.93. The molecule has 1 N–H and O–H groups in total. The van der Waals surface area contributed by atoms with Gasteiger partial charge in [-0.1, -0.05) is 30.3 Å². The second kappa shape index (κ2) is 6.82. The second-order valence-electron chi connectivity index (χ2n) is 6.14. The van der Waals surface area contributed by atoms with Gasteiger partial charge in [0.05, 0.1) is 5.92 Å². The molecule has 7 heteroatoms. The molecule has 2 unspecified atom stereocenters. The number of likely N-dealkylation sites (tertiary alicyclic amines) is 1. The van der Waals surface area contributed by atoms with Crippen LogP contribution in [0.3, 0.4) is 0 Å². The highest BCUT2D eigenvalue weighted by Gasteiger charge is 2.32. The third-order valence-corrected chi connectivity index (χ3v) is 4.42. The lowest BCUT2D eigenvalue weighted by molar-refractivity contribution is -0.147. The number of aromatic nitrogens is 3. The molecule has 0 aliphatic carbocycles. The highest BCUT2D eigenvalue weighted by Crippen LogP contribution is 2.22. The van der Waals surface area contributed by atoms with Gasteiger partial charge >= 0.3 is 5.97 Å². The van der Waals surface area contributed by atoms with Gasteiger partial charge in [-0.05, 0) is 19.8 Å². The Morgan fingerprint density at radius 1 is 1.25 bits per heavy atom. The van der Waals surface area contributed by atoms with Crippen LogP contribution in [-0.2, 0) is 16.1 Å². The minimum atomic E-state index is -0.841. The summed E-state index contributed by atoms with van der Waals surface area (Å²) in [6, 6.07) is 9.59. The molecule has 1 aliphatic heterocycles.